The van der Waals surface area contributed by atoms with Crippen LogP contribution in [0.1, 0.15) is 23.1 Å². The molecule has 0 amide bonds. The van der Waals surface area contributed by atoms with Crippen molar-refractivity contribution in [1.82, 2.24) is 10.2 Å². The molecule has 2 aromatic carbocycles. The van der Waals surface area contributed by atoms with Gasteiger partial charge in [-0.15, -0.1) is 0 Å². The van der Waals surface area contributed by atoms with Crippen molar-refractivity contribution in [3.05, 3.63) is 83.2 Å². The number of hydrogen-bond donors (Lipinski definition) is 3. The van der Waals surface area contributed by atoms with E-state index < -0.39 is 23.7 Å². The van der Waals surface area contributed by atoms with E-state index in [1.54, 1.807) is 18.2 Å². The van der Waals surface area contributed by atoms with Gasteiger partial charge in [0, 0.05) is 37.8 Å². The third-order valence-electron chi connectivity index (χ3n) is 4.91. The maximum Gasteiger partial charge on any atom is 0.416 e. The quantitative estimate of drug-likeness (QED) is 0.422. The van der Waals surface area contributed by atoms with Crippen LogP contribution >= 0.6 is 0 Å². The highest BCUT2D eigenvalue weighted by atomic mass is 19.4. The van der Waals surface area contributed by atoms with Gasteiger partial charge in [-0.2, -0.15) is 13.2 Å². The number of rotatable bonds is 7. The van der Waals surface area contributed by atoms with Gasteiger partial charge >= 0.3 is 18.1 Å². The predicted octanol–water partition coefficient (Wildman–Crippen LogP) is 3.92. The smallest absolute Gasteiger partial charge is 0.416 e. The van der Waals surface area contributed by atoms with Crippen LogP contribution in [0.15, 0.2) is 60.7 Å². The Bertz CT molecular complexity index is 940. The summed E-state index contributed by atoms with van der Waals surface area (Å²) in [7, 11) is 0. The number of carboxylic acid groups (broad SMARTS) is 2. The van der Waals surface area contributed by atoms with Crippen molar-refractivity contribution in [2.45, 2.75) is 31.7 Å². The molecule has 1 aliphatic rings. The number of nitrogens with zero attached hydrogens (tertiary/aromatic N) is 1. The highest BCUT2D eigenvalue weighted by Crippen LogP contribution is 2.33. The van der Waals surface area contributed by atoms with Gasteiger partial charge in [0.15, 0.2) is 0 Å². The van der Waals surface area contributed by atoms with Crippen molar-refractivity contribution in [2.75, 3.05) is 13.1 Å². The molecule has 0 saturated carbocycles. The molecule has 0 aromatic heterocycles. The minimum atomic E-state index is -4.37. The summed E-state index contributed by atoms with van der Waals surface area (Å²) in [5.74, 6) is -2.83. The summed E-state index contributed by atoms with van der Waals surface area (Å²) in [5, 5.41) is 18.9. The van der Waals surface area contributed by atoms with Gasteiger partial charge in [-0.1, -0.05) is 30.3 Å². The normalized spacial score (nSPS) is 16.0. The summed E-state index contributed by atoms with van der Waals surface area (Å²) in [6.45, 7) is 2.29. The molecular weight excluding hydrogens is 444 g/mol. The molecule has 0 aliphatic carbocycles. The molecule has 1 fully saturated rings. The third kappa shape index (κ3) is 9.03. The molecule has 3 N–H and O–H groups in total. The standard InChI is InChI=1S/C19H20F4N2.C4H4O4/c20-16-7-5-14(6-8-16)12-25(17-9-10-24-11-17)13-15-3-1-2-4-18(15)19(21,22)23;5-3(6)1-2-4(7)8/h1-8,17,24H,9-13H2;1-2H,(H,5,6)(H,7,8)/t17-;/m0./s1. The second kappa shape index (κ2) is 12.1. The summed E-state index contributed by atoms with van der Waals surface area (Å²) in [5.41, 5.74) is 0.562. The molecule has 1 saturated heterocycles. The molecule has 3 rings (SSSR count). The number of aliphatic carboxylic acids is 2. The van der Waals surface area contributed by atoms with E-state index in [0.29, 0.717) is 18.7 Å². The van der Waals surface area contributed by atoms with Crippen molar-refractivity contribution >= 4 is 11.9 Å². The van der Waals surface area contributed by atoms with E-state index in [1.165, 1.54) is 24.3 Å². The Balaban J connectivity index is 0.000000414. The zero-order valence-electron chi connectivity index (χ0n) is 17.6. The topological polar surface area (TPSA) is 89.9 Å². The van der Waals surface area contributed by atoms with Crippen LogP contribution in [0.5, 0.6) is 0 Å². The fraction of sp³-hybridized carbons (Fsp3) is 0.304. The first kappa shape index (κ1) is 26.0. The molecule has 2 aromatic rings. The van der Waals surface area contributed by atoms with E-state index in [1.807, 2.05) is 4.90 Å². The highest BCUT2D eigenvalue weighted by Gasteiger charge is 2.34. The molecule has 0 radical (unpaired) electrons. The zero-order valence-corrected chi connectivity index (χ0v) is 17.6. The monoisotopic (exact) mass is 468 g/mol. The fourth-order valence-electron chi connectivity index (χ4n) is 3.39. The SMILES string of the molecule is Fc1ccc(CN(Cc2ccccc2C(F)(F)F)[C@H]2CCNC2)cc1.O=C(O)C=CC(=O)O. The van der Waals surface area contributed by atoms with Crippen LogP contribution in [0.3, 0.4) is 0 Å². The van der Waals surface area contributed by atoms with E-state index in [2.05, 4.69) is 5.32 Å². The van der Waals surface area contributed by atoms with Crippen LogP contribution < -0.4 is 5.32 Å². The molecule has 0 spiro atoms. The van der Waals surface area contributed by atoms with Crippen molar-refractivity contribution in [3.8, 4) is 0 Å². The number of nitrogens with one attached hydrogen (secondary N) is 1. The lowest BCUT2D eigenvalue weighted by Crippen LogP contribution is -2.36. The molecule has 33 heavy (non-hydrogen) atoms. The summed E-state index contributed by atoms with van der Waals surface area (Å²) < 4.78 is 52.9. The van der Waals surface area contributed by atoms with Crippen LogP contribution in [-0.4, -0.2) is 46.2 Å². The number of benzene rings is 2. The van der Waals surface area contributed by atoms with Crippen LogP contribution in [-0.2, 0) is 28.9 Å². The van der Waals surface area contributed by atoms with Gasteiger partial charge in [0.05, 0.1) is 5.56 Å². The lowest BCUT2D eigenvalue weighted by molar-refractivity contribution is -0.138. The van der Waals surface area contributed by atoms with Gasteiger partial charge in [0.2, 0.25) is 0 Å². The van der Waals surface area contributed by atoms with Gasteiger partial charge < -0.3 is 15.5 Å². The van der Waals surface area contributed by atoms with E-state index >= 15 is 0 Å². The van der Waals surface area contributed by atoms with E-state index in [4.69, 9.17) is 10.2 Å². The fourth-order valence-corrected chi connectivity index (χ4v) is 3.39. The molecule has 10 heteroatoms. The Hall–Kier alpha value is -3.24. The molecule has 1 heterocycles. The van der Waals surface area contributed by atoms with Crippen molar-refractivity contribution in [1.29, 1.82) is 0 Å². The van der Waals surface area contributed by atoms with Gasteiger partial charge in [0.1, 0.15) is 5.82 Å². The van der Waals surface area contributed by atoms with Crippen LogP contribution in [0.25, 0.3) is 0 Å². The van der Waals surface area contributed by atoms with Crippen molar-refractivity contribution in [3.63, 3.8) is 0 Å². The average Bonchev–Trinajstić information content (AvgIpc) is 3.28. The Morgan fingerprint density at radius 3 is 2.12 bits per heavy atom. The molecule has 6 nitrogen and oxygen atoms in total. The van der Waals surface area contributed by atoms with Gasteiger partial charge in [-0.05, 0) is 42.3 Å². The summed E-state index contributed by atoms with van der Waals surface area (Å²) in [4.78, 5) is 21.1. The van der Waals surface area contributed by atoms with Gasteiger partial charge in [-0.25, -0.2) is 14.0 Å². The molecule has 178 valence electrons. The number of hydrogen-bond acceptors (Lipinski definition) is 4. The second-order valence-corrected chi connectivity index (χ2v) is 7.34. The second-order valence-electron chi connectivity index (χ2n) is 7.34. The number of alkyl halides is 3. The minimum Gasteiger partial charge on any atom is -0.478 e. The average molecular weight is 468 g/mol. The first-order valence-corrected chi connectivity index (χ1v) is 10.0. The molecule has 0 unspecified atom stereocenters. The van der Waals surface area contributed by atoms with E-state index in [9.17, 15) is 27.2 Å². The zero-order chi connectivity index (χ0) is 24.4. The Labute approximate surface area is 188 Å². The molecule has 1 atom stereocenters. The van der Waals surface area contributed by atoms with Gasteiger partial charge in [-0.3, -0.25) is 4.90 Å². The van der Waals surface area contributed by atoms with E-state index in [0.717, 1.165) is 31.1 Å². The summed E-state index contributed by atoms with van der Waals surface area (Å²) in [6, 6.07) is 12.0. The van der Waals surface area contributed by atoms with Crippen molar-refractivity contribution in [2.24, 2.45) is 0 Å². The van der Waals surface area contributed by atoms with Crippen LogP contribution in [0, 0.1) is 5.82 Å². The van der Waals surface area contributed by atoms with Crippen LogP contribution in [0.4, 0.5) is 17.6 Å². The Morgan fingerprint density at radius 2 is 1.61 bits per heavy atom. The first-order valence-electron chi connectivity index (χ1n) is 10.0. The maximum atomic E-state index is 13.3. The van der Waals surface area contributed by atoms with Crippen molar-refractivity contribution < 1.29 is 37.4 Å². The lowest BCUT2D eigenvalue weighted by atomic mass is 10.0. The summed E-state index contributed by atoms with van der Waals surface area (Å²) >= 11 is 0. The number of carbonyl (C=O) groups is 2. The predicted molar refractivity (Wildman–Crippen MR) is 113 cm³/mol. The van der Waals surface area contributed by atoms with E-state index in [-0.39, 0.29) is 24.0 Å². The number of halogens is 4. The maximum absolute atomic E-state index is 13.3. The lowest BCUT2D eigenvalue weighted by Gasteiger charge is -2.29. The highest BCUT2D eigenvalue weighted by molar-refractivity contribution is 5.89. The number of carboxylic acids is 2. The molecule has 1 aliphatic heterocycles. The Morgan fingerprint density at radius 1 is 1.00 bits per heavy atom. The van der Waals surface area contributed by atoms with Crippen LogP contribution in [0.2, 0.25) is 0 Å². The first-order chi connectivity index (χ1) is 15.6. The summed E-state index contributed by atoms with van der Waals surface area (Å²) in [6.07, 6.45) is -2.37. The third-order valence-corrected chi connectivity index (χ3v) is 4.91. The Kier molecular flexibility index (Phi) is 9.56. The molecule has 0 bridgehead atoms. The minimum absolute atomic E-state index is 0.159. The molecular formula is C23H24F4N2O4. The largest absolute Gasteiger partial charge is 0.478 e. The van der Waals surface area contributed by atoms with Gasteiger partial charge in [0.25, 0.3) is 0 Å².